The predicted molar refractivity (Wildman–Crippen MR) is 85.9 cm³/mol. The minimum absolute atomic E-state index is 0.0366. The molecule has 0 aliphatic rings. The van der Waals surface area contributed by atoms with Crippen LogP contribution in [0.5, 0.6) is 5.75 Å². The summed E-state index contributed by atoms with van der Waals surface area (Å²) < 4.78 is 18.8. The number of aryl methyl sites for hydroxylation is 1. The van der Waals surface area contributed by atoms with Gasteiger partial charge in [-0.15, -0.1) is 0 Å². The summed E-state index contributed by atoms with van der Waals surface area (Å²) in [5.74, 6) is -0.187. The first-order valence-electron chi connectivity index (χ1n) is 6.99. The summed E-state index contributed by atoms with van der Waals surface area (Å²) in [7, 11) is 0. The van der Waals surface area contributed by atoms with Crippen LogP contribution in [0.15, 0.2) is 42.5 Å². The summed E-state index contributed by atoms with van der Waals surface area (Å²) in [4.78, 5) is 12.3. The van der Waals surface area contributed by atoms with E-state index in [1.807, 2.05) is 32.0 Å². The molecule has 0 fully saturated rings. The molecular weight excluding hydrogens is 305 g/mol. The average molecular weight is 322 g/mol. The molecule has 0 heterocycles. The SMILES string of the molecule is CCC(Oc1cccc(C)c1)C(=O)Nc1ccc(F)c(Cl)c1. The van der Waals surface area contributed by atoms with Gasteiger partial charge in [-0.25, -0.2) is 4.39 Å². The van der Waals surface area contributed by atoms with Crippen LogP contribution in [0.2, 0.25) is 5.02 Å². The molecule has 22 heavy (non-hydrogen) atoms. The second-order valence-electron chi connectivity index (χ2n) is 4.95. The quantitative estimate of drug-likeness (QED) is 0.875. The highest BCUT2D eigenvalue weighted by Gasteiger charge is 2.19. The fourth-order valence-electron chi connectivity index (χ4n) is 1.97. The summed E-state index contributed by atoms with van der Waals surface area (Å²) in [5.41, 5.74) is 1.49. The zero-order valence-corrected chi connectivity index (χ0v) is 13.2. The fourth-order valence-corrected chi connectivity index (χ4v) is 2.15. The third-order valence-corrected chi connectivity index (χ3v) is 3.41. The number of nitrogens with one attached hydrogen (secondary N) is 1. The van der Waals surface area contributed by atoms with Crippen molar-refractivity contribution in [3.8, 4) is 5.75 Å². The number of carbonyl (C=O) groups is 1. The third-order valence-electron chi connectivity index (χ3n) is 3.12. The zero-order valence-electron chi connectivity index (χ0n) is 12.4. The van der Waals surface area contributed by atoms with Crippen molar-refractivity contribution in [3.63, 3.8) is 0 Å². The Balaban J connectivity index is 2.06. The predicted octanol–water partition coefficient (Wildman–Crippen LogP) is 4.58. The maximum Gasteiger partial charge on any atom is 0.265 e. The van der Waals surface area contributed by atoms with E-state index in [9.17, 15) is 9.18 Å². The Hall–Kier alpha value is -2.07. The molecule has 0 spiro atoms. The fraction of sp³-hybridized carbons (Fsp3) is 0.235. The Labute approximate surface area is 134 Å². The number of hydrogen-bond acceptors (Lipinski definition) is 2. The standard InChI is InChI=1S/C17H17ClFNO2/c1-3-16(22-13-6-4-5-11(2)9-13)17(21)20-12-7-8-15(19)14(18)10-12/h4-10,16H,3H2,1-2H3,(H,20,21). The lowest BCUT2D eigenvalue weighted by molar-refractivity contribution is -0.122. The molecule has 1 unspecified atom stereocenters. The van der Waals surface area contributed by atoms with E-state index >= 15 is 0 Å². The van der Waals surface area contributed by atoms with Crippen molar-refractivity contribution in [2.75, 3.05) is 5.32 Å². The Morgan fingerprint density at radius 2 is 2.09 bits per heavy atom. The van der Waals surface area contributed by atoms with Crippen molar-refractivity contribution < 1.29 is 13.9 Å². The number of rotatable bonds is 5. The van der Waals surface area contributed by atoms with Crippen LogP contribution in [0, 0.1) is 12.7 Å². The van der Waals surface area contributed by atoms with Gasteiger partial charge in [0, 0.05) is 5.69 Å². The van der Waals surface area contributed by atoms with E-state index in [2.05, 4.69) is 5.32 Å². The Morgan fingerprint density at radius 1 is 1.32 bits per heavy atom. The summed E-state index contributed by atoms with van der Waals surface area (Å²) in [6.45, 7) is 3.81. The van der Waals surface area contributed by atoms with Crippen LogP contribution < -0.4 is 10.1 Å². The molecule has 0 aromatic heterocycles. The highest BCUT2D eigenvalue weighted by molar-refractivity contribution is 6.31. The Morgan fingerprint density at radius 3 is 2.73 bits per heavy atom. The van der Waals surface area contributed by atoms with Crippen molar-refractivity contribution in [2.45, 2.75) is 26.4 Å². The van der Waals surface area contributed by atoms with Gasteiger partial charge in [0.1, 0.15) is 11.6 Å². The third kappa shape index (κ3) is 4.21. The van der Waals surface area contributed by atoms with Gasteiger partial charge in [-0.2, -0.15) is 0 Å². The lowest BCUT2D eigenvalue weighted by Crippen LogP contribution is -2.32. The van der Waals surface area contributed by atoms with Gasteiger partial charge >= 0.3 is 0 Å². The molecule has 0 aliphatic carbocycles. The molecule has 5 heteroatoms. The van der Waals surface area contributed by atoms with Crippen molar-refractivity contribution >= 4 is 23.2 Å². The highest BCUT2D eigenvalue weighted by Crippen LogP contribution is 2.20. The summed E-state index contributed by atoms with van der Waals surface area (Å²) >= 11 is 5.70. The van der Waals surface area contributed by atoms with E-state index in [1.54, 1.807) is 6.07 Å². The number of hydrogen-bond donors (Lipinski definition) is 1. The van der Waals surface area contributed by atoms with Crippen LogP contribution in [-0.2, 0) is 4.79 Å². The average Bonchev–Trinajstić information content (AvgIpc) is 2.48. The molecule has 2 aromatic rings. The van der Waals surface area contributed by atoms with Gasteiger partial charge in [-0.05, 0) is 49.2 Å². The molecule has 2 rings (SSSR count). The van der Waals surface area contributed by atoms with Gasteiger partial charge < -0.3 is 10.1 Å². The highest BCUT2D eigenvalue weighted by atomic mass is 35.5. The minimum atomic E-state index is -0.634. The first-order chi connectivity index (χ1) is 10.5. The second kappa shape index (κ2) is 7.27. The van der Waals surface area contributed by atoms with Crippen LogP contribution in [0.25, 0.3) is 0 Å². The van der Waals surface area contributed by atoms with E-state index in [1.165, 1.54) is 18.2 Å². The van der Waals surface area contributed by atoms with E-state index in [4.69, 9.17) is 16.3 Å². The van der Waals surface area contributed by atoms with Crippen molar-refractivity contribution in [2.24, 2.45) is 0 Å². The molecule has 1 atom stereocenters. The van der Waals surface area contributed by atoms with E-state index in [0.717, 1.165) is 5.56 Å². The number of amides is 1. The molecular formula is C17H17ClFNO2. The summed E-state index contributed by atoms with van der Waals surface area (Å²) in [5, 5.41) is 2.64. The smallest absolute Gasteiger partial charge is 0.265 e. The second-order valence-corrected chi connectivity index (χ2v) is 5.36. The molecule has 0 saturated heterocycles. The van der Waals surface area contributed by atoms with Crippen LogP contribution in [-0.4, -0.2) is 12.0 Å². The maximum absolute atomic E-state index is 13.1. The van der Waals surface area contributed by atoms with Crippen LogP contribution in [0.3, 0.4) is 0 Å². The molecule has 1 N–H and O–H groups in total. The van der Waals surface area contributed by atoms with Crippen LogP contribution >= 0.6 is 11.6 Å². The summed E-state index contributed by atoms with van der Waals surface area (Å²) in [6.07, 6.45) is -0.125. The largest absolute Gasteiger partial charge is 0.481 e. The molecule has 0 bridgehead atoms. The molecule has 3 nitrogen and oxygen atoms in total. The Kier molecular flexibility index (Phi) is 5.39. The van der Waals surface area contributed by atoms with Gasteiger partial charge in [0.15, 0.2) is 6.10 Å². The molecule has 116 valence electrons. The molecule has 0 radical (unpaired) electrons. The number of ether oxygens (including phenoxy) is 1. The lowest BCUT2D eigenvalue weighted by Gasteiger charge is -2.17. The number of carbonyl (C=O) groups excluding carboxylic acids is 1. The number of anilines is 1. The lowest BCUT2D eigenvalue weighted by atomic mass is 10.2. The number of halogens is 2. The van der Waals surface area contributed by atoms with Gasteiger partial charge in [-0.1, -0.05) is 30.7 Å². The number of benzene rings is 2. The van der Waals surface area contributed by atoms with Crippen LogP contribution in [0.1, 0.15) is 18.9 Å². The first kappa shape index (κ1) is 16.3. The molecule has 0 aliphatic heterocycles. The van der Waals surface area contributed by atoms with Crippen molar-refractivity contribution in [1.82, 2.24) is 0 Å². The first-order valence-corrected chi connectivity index (χ1v) is 7.36. The normalized spacial score (nSPS) is 11.8. The van der Waals surface area contributed by atoms with E-state index in [-0.39, 0.29) is 10.9 Å². The monoisotopic (exact) mass is 321 g/mol. The van der Waals surface area contributed by atoms with E-state index < -0.39 is 11.9 Å². The zero-order chi connectivity index (χ0) is 16.1. The minimum Gasteiger partial charge on any atom is -0.481 e. The van der Waals surface area contributed by atoms with Gasteiger partial charge in [0.25, 0.3) is 5.91 Å². The molecule has 1 amide bonds. The van der Waals surface area contributed by atoms with Gasteiger partial charge in [-0.3, -0.25) is 4.79 Å². The van der Waals surface area contributed by atoms with Crippen LogP contribution in [0.4, 0.5) is 10.1 Å². The molecule has 0 saturated carbocycles. The van der Waals surface area contributed by atoms with Gasteiger partial charge in [0.05, 0.1) is 5.02 Å². The van der Waals surface area contributed by atoms with E-state index in [0.29, 0.717) is 17.9 Å². The molecule has 2 aromatic carbocycles. The van der Waals surface area contributed by atoms with Crippen molar-refractivity contribution in [1.29, 1.82) is 0 Å². The Bertz CT molecular complexity index is 675. The maximum atomic E-state index is 13.1. The van der Waals surface area contributed by atoms with Crippen molar-refractivity contribution in [3.05, 3.63) is 58.9 Å². The topological polar surface area (TPSA) is 38.3 Å². The van der Waals surface area contributed by atoms with Gasteiger partial charge in [0.2, 0.25) is 0 Å². The summed E-state index contributed by atoms with van der Waals surface area (Å²) in [6, 6.07) is 11.5.